The van der Waals surface area contributed by atoms with Crippen molar-refractivity contribution in [1.29, 1.82) is 0 Å². The molecule has 0 heterocycles. The van der Waals surface area contributed by atoms with Crippen LogP contribution in [0.5, 0.6) is 0 Å². The van der Waals surface area contributed by atoms with E-state index in [-0.39, 0.29) is 5.41 Å². The van der Waals surface area contributed by atoms with Gasteiger partial charge in [-0.2, -0.15) is 0 Å². The highest BCUT2D eigenvalue weighted by atomic mass is 16.4. The van der Waals surface area contributed by atoms with Crippen molar-refractivity contribution >= 4 is 5.97 Å². The molecule has 13 heavy (non-hydrogen) atoms. The van der Waals surface area contributed by atoms with Crippen LogP contribution in [0.1, 0.15) is 45.4 Å². The lowest BCUT2D eigenvalue weighted by Crippen LogP contribution is -2.36. The summed E-state index contributed by atoms with van der Waals surface area (Å²) in [6.07, 6.45) is 6.49. The van der Waals surface area contributed by atoms with Gasteiger partial charge in [0.05, 0.1) is 5.41 Å². The molecule has 2 fully saturated rings. The zero-order valence-electron chi connectivity index (χ0n) is 8.25. The SMILES string of the molecule is CCCC1(C(=O)O)CC2CCC1C2. The first kappa shape index (κ1) is 9.04. The molecule has 0 aromatic rings. The van der Waals surface area contributed by atoms with Gasteiger partial charge in [0.25, 0.3) is 0 Å². The molecule has 0 spiro atoms. The van der Waals surface area contributed by atoms with E-state index in [1.807, 2.05) is 0 Å². The lowest BCUT2D eigenvalue weighted by molar-refractivity contribution is -0.153. The average molecular weight is 182 g/mol. The molecule has 1 N–H and O–H groups in total. The third-order valence-corrected chi connectivity index (χ3v) is 4.10. The van der Waals surface area contributed by atoms with Gasteiger partial charge in [-0.25, -0.2) is 0 Å². The summed E-state index contributed by atoms with van der Waals surface area (Å²) in [6.45, 7) is 2.09. The van der Waals surface area contributed by atoms with E-state index in [2.05, 4.69) is 6.92 Å². The summed E-state index contributed by atoms with van der Waals surface area (Å²) in [6, 6.07) is 0. The molecule has 0 saturated heterocycles. The standard InChI is InChI=1S/C11H18O2/c1-2-5-11(10(12)13)7-8-3-4-9(11)6-8/h8-9H,2-7H2,1H3,(H,12,13). The minimum absolute atomic E-state index is 0.322. The van der Waals surface area contributed by atoms with E-state index < -0.39 is 5.97 Å². The molecule has 3 unspecified atom stereocenters. The van der Waals surface area contributed by atoms with Crippen LogP contribution in [0.4, 0.5) is 0 Å². The molecular formula is C11H18O2. The second-order valence-electron chi connectivity index (χ2n) is 4.79. The van der Waals surface area contributed by atoms with Crippen molar-refractivity contribution in [2.45, 2.75) is 45.4 Å². The molecule has 0 amide bonds. The lowest BCUT2D eigenvalue weighted by atomic mass is 9.70. The molecule has 2 nitrogen and oxygen atoms in total. The molecule has 0 aromatic carbocycles. The van der Waals surface area contributed by atoms with Crippen LogP contribution in [0.2, 0.25) is 0 Å². The first-order valence-corrected chi connectivity index (χ1v) is 5.42. The summed E-state index contributed by atoms with van der Waals surface area (Å²) < 4.78 is 0. The molecule has 74 valence electrons. The highest BCUT2D eigenvalue weighted by molar-refractivity contribution is 5.75. The normalized spacial score (nSPS) is 42.5. The van der Waals surface area contributed by atoms with Gasteiger partial charge < -0.3 is 5.11 Å². The lowest BCUT2D eigenvalue weighted by Gasteiger charge is -2.33. The molecule has 2 bridgehead atoms. The van der Waals surface area contributed by atoms with E-state index in [1.54, 1.807) is 0 Å². The van der Waals surface area contributed by atoms with Crippen LogP contribution in [0.25, 0.3) is 0 Å². The maximum absolute atomic E-state index is 11.3. The van der Waals surface area contributed by atoms with Gasteiger partial charge in [0.1, 0.15) is 0 Å². The van der Waals surface area contributed by atoms with E-state index in [1.165, 1.54) is 12.8 Å². The van der Waals surface area contributed by atoms with Crippen molar-refractivity contribution in [3.63, 3.8) is 0 Å². The molecule has 0 aromatic heterocycles. The van der Waals surface area contributed by atoms with Gasteiger partial charge >= 0.3 is 5.97 Å². The summed E-state index contributed by atoms with van der Waals surface area (Å²) in [5.74, 6) is 0.698. The van der Waals surface area contributed by atoms with E-state index >= 15 is 0 Å². The first-order chi connectivity index (χ1) is 6.19. The third-order valence-electron chi connectivity index (χ3n) is 4.10. The number of carboxylic acid groups (broad SMARTS) is 1. The largest absolute Gasteiger partial charge is 0.481 e. The fraction of sp³-hybridized carbons (Fsp3) is 0.909. The molecule has 2 aliphatic rings. The Morgan fingerprint density at radius 2 is 2.31 bits per heavy atom. The second kappa shape index (κ2) is 3.00. The van der Waals surface area contributed by atoms with Crippen molar-refractivity contribution in [2.75, 3.05) is 0 Å². The Labute approximate surface area is 79.3 Å². The molecule has 2 rings (SSSR count). The average Bonchev–Trinajstić information content (AvgIpc) is 2.64. The van der Waals surface area contributed by atoms with Crippen LogP contribution in [0, 0.1) is 17.3 Å². The summed E-state index contributed by atoms with van der Waals surface area (Å²) in [5, 5.41) is 9.32. The molecule has 0 radical (unpaired) electrons. The van der Waals surface area contributed by atoms with Gasteiger partial charge in [0.15, 0.2) is 0 Å². The molecule has 0 aliphatic heterocycles. The Morgan fingerprint density at radius 1 is 1.54 bits per heavy atom. The van der Waals surface area contributed by atoms with E-state index in [0.717, 1.165) is 31.6 Å². The zero-order valence-corrected chi connectivity index (χ0v) is 8.25. The van der Waals surface area contributed by atoms with Crippen LogP contribution in [-0.4, -0.2) is 11.1 Å². The highest BCUT2D eigenvalue weighted by Gasteiger charge is 2.54. The summed E-state index contributed by atoms with van der Waals surface area (Å²) in [7, 11) is 0. The molecule has 2 saturated carbocycles. The second-order valence-corrected chi connectivity index (χ2v) is 4.79. The fourth-order valence-electron chi connectivity index (χ4n) is 3.57. The maximum atomic E-state index is 11.3. The van der Waals surface area contributed by atoms with Crippen LogP contribution in [0.3, 0.4) is 0 Å². The molecule has 3 atom stereocenters. The monoisotopic (exact) mass is 182 g/mol. The smallest absolute Gasteiger partial charge is 0.309 e. The van der Waals surface area contributed by atoms with Crippen molar-refractivity contribution in [3.05, 3.63) is 0 Å². The number of hydrogen-bond donors (Lipinski definition) is 1. The molecular weight excluding hydrogens is 164 g/mol. The van der Waals surface area contributed by atoms with E-state index in [9.17, 15) is 9.90 Å². The number of carboxylic acids is 1. The van der Waals surface area contributed by atoms with Crippen LogP contribution < -0.4 is 0 Å². The maximum Gasteiger partial charge on any atom is 0.309 e. The number of carbonyl (C=O) groups is 1. The van der Waals surface area contributed by atoms with E-state index in [4.69, 9.17) is 0 Å². The Bertz CT molecular complexity index is 224. The minimum atomic E-state index is -0.526. The van der Waals surface area contributed by atoms with Crippen LogP contribution in [-0.2, 0) is 4.79 Å². The molecule has 2 aliphatic carbocycles. The van der Waals surface area contributed by atoms with Crippen molar-refractivity contribution in [2.24, 2.45) is 17.3 Å². The van der Waals surface area contributed by atoms with Gasteiger partial charge in [-0.05, 0) is 37.5 Å². The predicted molar refractivity (Wildman–Crippen MR) is 50.4 cm³/mol. The van der Waals surface area contributed by atoms with Crippen molar-refractivity contribution < 1.29 is 9.90 Å². The summed E-state index contributed by atoms with van der Waals surface area (Å²) in [5.41, 5.74) is -0.322. The number of rotatable bonds is 3. The number of fused-ring (bicyclic) bond motifs is 2. The Kier molecular flexibility index (Phi) is 2.09. The predicted octanol–water partition coefficient (Wildman–Crippen LogP) is 2.68. The number of aliphatic carboxylic acids is 1. The Balaban J connectivity index is 2.20. The third kappa shape index (κ3) is 1.18. The van der Waals surface area contributed by atoms with Gasteiger partial charge in [0.2, 0.25) is 0 Å². The first-order valence-electron chi connectivity index (χ1n) is 5.42. The Hall–Kier alpha value is -0.530. The fourth-order valence-corrected chi connectivity index (χ4v) is 3.57. The van der Waals surface area contributed by atoms with Crippen LogP contribution in [0.15, 0.2) is 0 Å². The summed E-state index contributed by atoms with van der Waals surface area (Å²) in [4.78, 5) is 11.3. The van der Waals surface area contributed by atoms with E-state index in [0.29, 0.717) is 5.92 Å². The van der Waals surface area contributed by atoms with Gasteiger partial charge in [-0.15, -0.1) is 0 Å². The zero-order chi connectivity index (χ0) is 9.47. The van der Waals surface area contributed by atoms with Gasteiger partial charge in [-0.3, -0.25) is 4.79 Å². The topological polar surface area (TPSA) is 37.3 Å². The summed E-state index contributed by atoms with van der Waals surface area (Å²) >= 11 is 0. The molecule has 2 heteroatoms. The van der Waals surface area contributed by atoms with Crippen LogP contribution >= 0.6 is 0 Å². The minimum Gasteiger partial charge on any atom is -0.481 e. The quantitative estimate of drug-likeness (QED) is 0.728. The van der Waals surface area contributed by atoms with Gasteiger partial charge in [-0.1, -0.05) is 19.8 Å². The van der Waals surface area contributed by atoms with Crippen molar-refractivity contribution in [1.82, 2.24) is 0 Å². The van der Waals surface area contributed by atoms with Crippen molar-refractivity contribution in [3.8, 4) is 0 Å². The Morgan fingerprint density at radius 3 is 2.69 bits per heavy atom. The number of hydrogen-bond acceptors (Lipinski definition) is 1. The highest BCUT2D eigenvalue weighted by Crippen LogP contribution is 2.58. The van der Waals surface area contributed by atoms with Gasteiger partial charge in [0, 0.05) is 0 Å².